The van der Waals surface area contributed by atoms with Crippen molar-refractivity contribution >= 4 is 0 Å². The molecule has 16 heavy (non-hydrogen) atoms. The topological polar surface area (TPSA) is 54.3 Å². The van der Waals surface area contributed by atoms with Gasteiger partial charge in [-0.15, -0.1) is 0 Å². The van der Waals surface area contributed by atoms with E-state index in [-0.39, 0.29) is 12.6 Å². The Hall–Kier alpha value is -1.73. The van der Waals surface area contributed by atoms with E-state index in [1.807, 2.05) is 24.3 Å². The van der Waals surface area contributed by atoms with Crippen LogP contribution in [0.5, 0.6) is 11.5 Å². The summed E-state index contributed by atoms with van der Waals surface area (Å²) in [5, 5.41) is 11.8. The van der Waals surface area contributed by atoms with Crippen LogP contribution in [0.15, 0.2) is 18.2 Å². The molecular formula is C12H14N2O2. The summed E-state index contributed by atoms with van der Waals surface area (Å²) in [5.41, 5.74) is 1.16. The lowest BCUT2D eigenvalue weighted by Gasteiger charge is -2.09. The van der Waals surface area contributed by atoms with Crippen LogP contribution in [0.3, 0.4) is 0 Å². The summed E-state index contributed by atoms with van der Waals surface area (Å²) in [6, 6.07) is 7.90. The van der Waals surface area contributed by atoms with Crippen molar-refractivity contribution < 1.29 is 9.47 Å². The van der Waals surface area contributed by atoms with Gasteiger partial charge in [0.05, 0.1) is 6.04 Å². The quantitative estimate of drug-likeness (QED) is 0.834. The molecule has 4 nitrogen and oxygen atoms in total. The van der Waals surface area contributed by atoms with Crippen LogP contribution in [0.2, 0.25) is 0 Å². The van der Waals surface area contributed by atoms with Crippen molar-refractivity contribution in [2.24, 2.45) is 0 Å². The lowest BCUT2D eigenvalue weighted by atomic mass is 10.1. The van der Waals surface area contributed by atoms with Crippen molar-refractivity contribution in [1.29, 1.82) is 5.26 Å². The largest absolute Gasteiger partial charge is 0.491 e. The smallest absolute Gasteiger partial charge is 0.174 e. The molecular weight excluding hydrogens is 204 g/mol. The van der Waals surface area contributed by atoms with Gasteiger partial charge in [-0.3, -0.25) is 0 Å². The van der Waals surface area contributed by atoms with E-state index in [4.69, 9.17) is 14.7 Å². The first-order valence-corrected chi connectivity index (χ1v) is 5.35. The molecule has 84 valence electrons. The Kier molecular flexibility index (Phi) is 3.28. The van der Waals surface area contributed by atoms with Gasteiger partial charge in [0.15, 0.2) is 6.61 Å². The highest BCUT2D eigenvalue weighted by Gasteiger charge is 2.23. The summed E-state index contributed by atoms with van der Waals surface area (Å²) >= 11 is 0. The Labute approximate surface area is 94.8 Å². The fourth-order valence-corrected chi connectivity index (χ4v) is 1.81. The van der Waals surface area contributed by atoms with E-state index in [0.29, 0.717) is 12.4 Å². The van der Waals surface area contributed by atoms with Gasteiger partial charge >= 0.3 is 0 Å². The fourth-order valence-electron chi connectivity index (χ4n) is 1.81. The highest BCUT2D eigenvalue weighted by molar-refractivity contribution is 5.45. The second-order valence-corrected chi connectivity index (χ2v) is 3.57. The van der Waals surface area contributed by atoms with Crippen LogP contribution in [-0.2, 0) is 0 Å². The second-order valence-electron chi connectivity index (χ2n) is 3.57. The number of ether oxygens (including phenoxy) is 2. The van der Waals surface area contributed by atoms with Crippen LogP contribution in [-0.4, -0.2) is 19.8 Å². The molecule has 4 heteroatoms. The van der Waals surface area contributed by atoms with Crippen LogP contribution >= 0.6 is 0 Å². The van der Waals surface area contributed by atoms with Gasteiger partial charge in [-0.25, -0.2) is 0 Å². The number of rotatable bonds is 4. The average Bonchev–Trinajstić information content (AvgIpc) is 2.70. The maximum Gasteiger partial charge on any atom is 0.174 e. The number of nitrogens with one attached hydrogen (secondary N) is 1. The first-order valence-electron chi connectivity index (χ1n) is 5.35. The van der Waals surface area contributed by atoms with Gasteiger partial charge < -0.3 is 14.8 Å². The molecule has 0 amide bonds. The molecule has 0 radical (unpaired) electrons. The zero-order valence-corrected chi connectivity index (χ0v) is 9.19. The van der Waals surface area contributed by atoms with Crippen LogP contribution in [0.1, 0.15) is 18.5 Å². The van der Waals surface area contributed by atoms with Gasteiger partial charge in [0, 0.05) is 11.6 Å². The summed E-state index contributed by atoms with van der Waals surface area (Å²) in [5.74, 6) is 1.53. The maximum atomic E-state index is 8.42. The van der Waals surface area contributed by atoms with E-state index in [2.05, 4.69) is 12.2 Å². The zero-order valence-electron chi connectivity index (χ0n) is 9.19. The Bertz CT molecular complexity index is 412. The molecule has 0 saturated carbocycles. The van der Waals surface area contributed by atoms with Crippen molar-refractivity contribution in [2.45, 2.75) is 13.0 Å². The Morgan fingerprint density at radius 3 is 3.25 bits per heavy atom. The summed E-state index contributed by atoms with van der Waals surface area (Å²) in [7, 11) is 0. The van der Waals surface area contributed by atoms with Crippen molar-refractivity contribution in [3.8, 4) is 17.6 Å². The number of nitriles is 1. The third-order valence-electron chi connectivity index (χ3n) is 2.52. The minimum absolute atomic E-state index is 0.0649. The molecule has 1 atom stereocenters. The number of hydrogen-bond acceptors (Lipinski definition) is 4. The molecule has 1 N–H and O–H groups in total. The van der Waals surface area contributed by atoms with E-state index >= 15 is 0 Å². The molecule has 1 unspecified atom stereocenters. The molecule has 0 aromatic heterocycles. The zero-order chi connectivity index (χ0) is 11.4. The predicted octanol–water partition coefficient (Wildman–Crippen LogP) is 1.63. The monoisotopic (exact) mass is 218 g/mol. The third-order valence-corrected chi connectivity index (χ3v) is 2.52. The minimum atomic E-state index is 0.0649. The average molecular weight is 218 g/mol. The Balaban J connectivity index is 2.13. The van der Waals surface area contributed by atoms with Crippen molar-refractivity contribution in [2.75, 3.05) is 19.8 Å². The first kappa shape index (κ1) is 10.8. The van der Waals surface area contributed by atoms with E-state index in [9.17, 15) is 0 Å². The first-order chi connectivity index (χ1) is 7.85. The van der Waals surface area contributed by atoms with Gasteiger partial charge in [-0.05, 0) is 18.7 Å². The van der Waals surface area contributed by atoms with Gasteiger partial charge in [-0.2, -0.15) is 5.26 Å². The fraction of sp³-hybridized carbons (Fsp3) is 0.417. The molecule has 1 aliphatic heterocycles. The van der Waals surface area contributed by atoms with Crippen LogP contribution in [0.4, 0.5) is 0 Å². The lowest BCUT2D eigenvalue weighted by molar-refractivity contribution is 0.311. The van der Waals surface area contributed by atoms with Gasteiger partial charge in [-0.1, -0.05) is 6.92 Å². The molecule has 0 saturated heterocycles. The standard InChI is InChI=1S/C12H14N2O2/c1-2-14-11-8-16-12-7-9(15-6-5-13)3-4-10(11)12/h3-4,7,11,14H,2,6,8H2,1H3. The Morgan fingerprint density at radius 2 is 2.50 bits per heavy atom. The van der Waals surface area contributed by atoms with E-state index < -0.39 is 0 Å². The highest BCUT2D eigenvalue weighted by Crippen LogP contribution is 2.35. The molecule has 1 aromatic rings. The molecule has 0 bridgehead atoms. The van der Waals surface area contributed by atoms with Crippen molar-refractivity contribution in [3.63, 3.8) is 0 Å². The predicted molar refractivity (Wildman–Crippen MR) is 59.5 cm³/mol. The molecule has 0 aliphatic carbocycles. The van der Waals surface area contributed by atoms with Gasteiger partial charge in [0.25, 0.3) is 0 Å². The maximum absolute atomic E-state index is 8.42. The van der Waals surface area contributed by atoms with Crippen molar-refractivity contribution in [1.82, 2.24) is 5.32 Å². The minimum Gasteiger partial charge on any atom is -0.491 e. The van der Waals surface area contributed by atoms with E-state index in [1.165, 1.54) is 0 Å². The molecule has 2 rings (SSSR count). The summed E-state index contributed by atoms with van der Waals surface area (Å²) in [6.45, 7) is 3.71. The molecule has 1 heterocycles. The molecule has 0 fully saturated rings. The molecule has 0 spiro atoms. The SMILES string of the molecule is CCNC1COc2cc(OCC#N)ccc21. The van der Waals surface area contributed by atoms with Gasteiger partial charge in [0.2, 0.25) is 0 Å². The van der Waals surface area contributed by atoms with Crippen LogP contribution in [0, 0.1) is 11.3 Å². The summed E-state index contributed by atoms with van der Waals surface area (Å²) in [6.07, 6.45) is 0. The second kappa shape index (κ2) is 4.86. The normalized spacial score (nSPS) is 17.4. The third kappa shape index (κ3) is 2.10. The van der Waals surface area contributed by atoms with Crippen LogP contribution in [0.25, 0.3) is 0 Å². The number of nitrogens with zero attached hydrogens (tertiary/aromatic N) is 1. The summed E-state index contributed by atoms with van der Waals surface area (Å²) in [4.78, 5) is 0. The summed E-state index contributed by atoms with van der Waals surface area (Å²) < 4.78 is 10.8. The highest BCUT2D eigenvalue weighted by atomic mass is 16.5. The lowest BCUT2D eigenvalue weighted by Crippen LogP contribution is -2.21. The number of hydrogen-bond donors (Lipinski definition) is 1. The number of benzene rings is 1. The van der Waals surface area contributed by atoms with E-state index in [0.717, 1.165) is 17.9 Å². The van der Waals surface area contributed by atoms with Crippen molar-refractivity contribution in [3.05, 3.63) is 23.8 Å². The molecule has 1 aromatic carbocycles. The number of fused-ring (bicyclic) bond motifs is 1. The van der Waals surface area contributed by atoms with Gasteiger partial charge in [0.1, 0.15) is 24.2 Å². The molecule has 1 aliphatic rings. The number of likely N-dealkylation sites (N-methyl/N-ethyl adjacent to an activating group) is 1. The van der Waals surface area contributed by atoms with Crippen LogP contribution < -0.4 is 14.8 Å². The van der Waals surface area contributed by atoms with E-state index in [1.54, 1.807) is 0 Å². The Morgan fingerprint density at radius 1 is 1.62 bits per heavy atom.